The van der Waals surface area contributed by atoms with Crippen molar-refractivity contribution in [3.63, 3.8) is 0 Å². The molecule has 0 amide bonds. The summed E-state index contributed by atoms with van der Waals surface area (Å²) in [6.07, 6.45) is 0. The molecule has 0 unspecified atom stereocenters. The topological polar surface area (TPSA) is 79.8 Å². The molecule has 18 aromatic carbocycles. The largest absolute Gasteiger partial charge is 0.309 e. The Morgan fingerprint density at radius 1 is 0.252 bits per heavy atom. The van der Waals surface area contributed by atoms with Gasteiger partial charge in [0.25, 0.3) is 0 Å². The normalized spacial score (nSPS) is 13.2. The van der Waals surface area contributed by atoms with Crippen molar-refractivity contribution in [3.8, 4) is 96.0 Å². The Balaban J connectivity index is 0.000000108. The lowest BCUT2D eigenvalue weighted by atomic mass is 9.82. The summed E-state index contributed by atoms with van der Waals surface area (Å²) in [4.78, 5) is 14.9. The molecular weight excluding hydrogens is 1700 g/mol. The summed E-state index contributed by atoms with van der Waals surface area (Å²) in [6, 6.07) is 126. The minimum atomic E-state index is -0.0358. The Morgan fingerprint density at radius 3 is 1.03 bits per heavy atom. The van der Waals surface area contributed by atoms with Crippen molar-refractivity contribution in [2.24, 2.45) is 0 Å². The molecule has 630 valence electrons. The summed E-state index contributed by atoms with van der Waals surface area (Å²) in [6.45, 7) is 44.6. The molecule has 6 heterocycles. The Labute approximate surface area is 790 Å². The van der Waals surface area contributed by atoms with Crippen LogP contribution in [0, 0.1) is 49.0 Å². The molecule has 24 aromatic rings. The first-order valence-corrected chi connectivity index (χ1v) is 47.5. The van der Waals surface area contributed by atoms with Crippen LogP contribution in [0.2, 0.25) is 0 Å². The van der Waals surface area contributed by atoms with Crippen molar-refractivity contribution in [1.82, 2.24) is 13.7 Å². The maximum absolute atomic E-state index is 10.4. The van der Waals surface area contributed by atoms with E-state index in [2.05, 4.69) is 311 Å². The molecule has 0 N–H and O–H groups in total. The van der Waals surface area contributed by atoms with E-state index in [9.17, 15) is 10.5 Å². The average Bonchev–Trinajstić information content (AvgIpc) is 1.57. The van der Waals surface area contributed by atoms with Crippen molar-refractivity contribution in [2.75, 3.05) is 0 Å². The van der Waals surface area contributed by atoms with Crippen LogP contribution >= 0.6 is 34.0 Å². The smallest absolute Gasteiger partial charge is 0.188 e. The number of fused-ring (bicyclic) bond motifs is 30. The molecule has 0 fully saturated rings. The van der Waals surface area contributed by atoms with E-state index in [1.165, 1.54) is 127 Å². The number of nitrogens with zero attached hydrogens (tertiary/aromatic N) is 9. The van der Waals surface area contributed by atoms with Crippen LogP contribution in [0.4, 0.5) is 22.7 Å². The monoisotopic (exact) mass is 1770 g/mol. The summed E-state index contributed by atoms with van der Waals surface area (Å²) in [5, 5.41) is 34.2. The predicted molar refractivity (Wildman–Crippen MR) is 564 cm³/mol. The average molecular weight is 1780 g/mol. The lowest BCUT2D eigenvalue weighted by molar-refractivity contribution is 0.661. The molecule has 0 atom stereocenters. The van der Waals surface area contributed by atoms with Crippen molar-refractivity contribution in [2.45, 2.75) is 57.8 Å². The Morgan fingerprint density at radius 2 is 0.607 bits per heavy atom. The first-order chi connectivity index (χ1) is 65.9. The first-order valence-electron chi connectivity index (χ1n) is 45.1. The third kappa shape index (κ3) is 11.8. The fraction of sp³-hybridized carbons (Fsp3) is 0.0732. The van der Waals surface area contributed by atoms with E-state index in [-0.39, 0.29) is 16.2 Å². The molecule has 3 aliphatic carbocycles. The van der Waals surface area contributed by atoms with Crippen LogP contribution in [0.25, 0.3) is 229 Å². The van der Waals surface area contributed by atoms with E-state index in [0.717, 1.165) is 116 Å². The van der Waals surface area contributed by atoms with E-state index in [0.29, 0.717) is 33.9 Å². The number of benzene rings is 18. The lowest BCUT2D eigenvalue weighted by Gasteiger charge is -2.21. The van der Waals surface area contributed by atoms with Crippen LogP contribution in [0.15, 0.2) is 346 Å². The number of thiophene rings is 3. The second-order valence-electron chi connectivity index (χ2n) is 37.0. The van der Waals surface area contributed by atoms with Crippen LogP contribution in [-0.2, 0) is 16.2 Å². The van der Waals surface area contributed by atoms with E-state index < -0.39 is 0 Å². The highest BCUT2D eigenvalue weighted by molar-refractivity contribution is 7.27. The van der Waals surface area contributed by atoms with Gasteiger partial charge in [0.05, 0.1) is 93.6 Å². The minimum Gasteiger partial charge on any atom is -0.309 e. The van der Waals surface area contributed by atoms with Crippen molar-refractivity contribution in [1.29, 1.82) is 10.5 Å². The molecule has 0 bridgehead atoms. The van der Waals surface area contributed by atoms with Gasteiger partial charge in [0.1, 0.15) is 6.07 Å². The standard InChI is InChI=1S/3C41H25N3S/c1-41(2)33-11-7-5-10-29(33)39-34(41)17-16-28-32-21-24(13-20-38(32)45-40(28)39)30-22-25(42-3)14-18-36(30)44-35-12-8-6-9-27(35)31-23-26(43-4)15-19-37(31)44;1-41(2)33-13-6-4-11-30(33)38-34(41)18-17-29-32-21-24(15-20-37(32)45-40(29)38)27-12-8-9-25(23-42)39(27)44-35-14-7-5-10-28(35)31-22-26(43-3)16-19-36(31)44;1-41(2)33-10-6-4-9-30(33)39-34(41)17-16-29-32-21-25(13-19-38(32)45-40(29)39)27-15-12-24(23-42)20-37(27)44-35-11-7-5-8-28(35)31-22-26(43-3)14-18-36(31)44/h5-23H,1-2H3;2*4-22H,1-2H3. The van der Waals surface area contributed by atoms with E-state index >= 15 is 0 Å². The van der Waals surface area contributed by atoms with E-state index in [1.54, 1.807) is 0 Å². The minimum absolute atomic E-state index is 0.0311. The van der Waals surface area contributed by atoms with Gasteiger partial charge >= 0.3 is 0 Å². The summed E-state index contributed by atoms with van der Waals surface area (Å²) in [5.74, 6) is 0. The molecule has 12 heteroatoms. The van der Waals surface area contributed by atoms with Crippen LogP contribution in [0.5, 0.6) is 0 Å². The molecule has 0 saturated carbocycles. The number of para-hydroxylation sites is 4. The van der Waals surface area contributed by atoms with Crippen LogP contribution in [0.1, 0.15) is 86.1 Å². The van der Waals surface area contributed by atoms with Gasteiger partial charge in [0, 0.05) is 121 Å². The fourth-order valence-electron chi connectivity index (χ4n) is 22.6. The highest BCUT2D eigenvalue weighted by atomic mass is 32.1. The molecule has 0 aliphatic heterocycles. The van der Waals surface area contributed by atoms with E-state index in [4.69, 9.17) is 26.3 Å². The summed E-state index contributed by atoms with van der Waals surface area (Å²) < 4.78 is 14.5. The SMILES string of the molecule is [C-]#[N+]c1ccc(-n2c3ccccc3c3cc([N+]#[C-])ccc32)c(-c2ccc3sc4c5c(ccc4c3c2)C(C)(C)c2ccccc2-5)c1.[C-]#[N+]c1ccc2c(c1)c1ccccc1n2-c1c(C#N)cccc1-c1ccc2sc3c4c(ccc3c2c1)C(C)(C)c1ccccc1-4.[C-]#[N+]c1ccc2c(c1)c1ccccc1n2-c1cc(C#N)ccc1-c1ccc2sc3c4c(ccc3c2c1)C(C)(C)c1ccccc1-4. The molecule has 135 heavy (non-hydrogen) atoms. The lowest BCUT2D eigenvalue weighted by Crippen LogP contribution is -2.14. The molecule has 27 rings (SSSR count). The number of nitriles is 2. The fourth-order valence-corrected chi connectivity index (χ4v) is 26.3. The van der Waals surface area contributed by atoms with Crippen LogP contribution in [-0.4, -0.2) is 13.7 Å². The first kappa shape index (κ1) is 80.1. The molecule has 0 spiro atoms. The van der Waals surface area contributed by atoms with Crippen molar-refractivity contribution >= 4 is 183 Å². The summed E-state index contributed by atoms with van der Waals surface area (Å²) in [5.41, 5.74) is 35.3. The maximum Gasteiger partial charge on any atom is 0.188 e. The van der Waals surface area contributed by atoms with Crippen molar-refractivity contribution < 1.29 is 0 Å². The molecular formula is C123H75N9S3. The zero-order valence-electron chi connectivity index (χ0n) is 74.2. The molecule has 9 nitrogen and oxygen atoms in total. The van der Waals surface area contributed by atoms with Crippen LogP contribution in [0.3, 0.4) is 0 Å². The van der Waals surface area contributed by atoms with Gasteiger partial charge in [-0.25, -0.2) is 19.4 Å². The third-order valence-electron chi connectivity index (χ3n) is 28.9. The van der Waals surface area contributed by atoms with Gasteiger partial charge in [-0.05, 0) is 210 Å². The molecule has 0 radical (unpaired) electrons. The van der Waals surface area contributed by atoms with E-state index in [1.807, 2.05) is 155 Å². The quantitative estimate of drug-likeness (QED) is 0.156. The third-order valence-corrected chi connectivity index (χ3v) is 32.5. The molecule has 3 aliphatic rings. The highest BCUT2D eigenvalue weighted by Crippen LogP contribution is 2.59. The number of hydrogen-bond donors (Lipinski definition) is 0. The van der Waals surface area contributed by atoms with Gasteiger partial charge in [-0.15, -0.1) is 34.0 Å². The van der Waals surface area contributed by atoms with Gasteiger partial charge in [0.2, 0.25) is 0 Å². The predicted octanol–water partition coefficient (Wildman–Crippen LogP) is 35.3. The summed E-state index contributed by atoms with van der Waals surface area (Å²) >= 11 is 5.62. The van der Waals surface area contributed by atoms with Crippen LogP contribution < -0.4 is 0 Å². The molecule has 6 aromatic heterocycles. The second-order valence-corrected chi connectivity index (χ2v) is 40.2. The number of rotatable bonds is 6. The highest BCUT2D eigenvalue weighted by Gasteiger charge is 2.41. The maximum atomic E-state index is 10.4. The van der Waals surface area contributed by atoms with Gasteiger partial charge in [0.15, 0.2) is 22.7 Å². The Hall–Kier alpha value is -17.0. The zero-order valence-corrected chi connectivity index (χ0v) is 76.6. The Bertz CT molecular complexity index is 9540. The zero-order chi connectivity index (χ0) is 91.3. The number of hydrogen-bond acceptors (Lipinski definition) is 5. The Kier molecular flexibility index (Phi) is 17.8. The summed E-state index contributed by atoms with van der Waals surface area (Å²) in [7, 11) is 0. The number of aromatic nitrogens is 3. The van der Waals surface area contributed by atoms with Gasteiger partial charge in [-0.1, -0.05) is 266 Å². The van der Waals surface area contributed by atoms with Gasteiger partial charge < -0.3 is 13.7 Å². The van der Waals surface area contributed by atoms with Gasteiger partial charge in [-0.3, -0.25) is 0 Å². The second kappa shape index (κ2) is 30.0. The molecule has 0 saturated heterocycles. The van der Waals surface area contributed by atoms with Crippen molar-refractivity contribution in [3.05, 3.63) is 436 Å². The van der Waals surface area contributed by atoms with Gasteiger partial charge in [-0.2, -0.15) is 10.5 Å².